The summed E-state index contributed by atoms with van der Waals surface area (Å²) in [5, 5.41) is 6.50. The Hall–Kier alpha value is -3.42. The van der Waals surface area contributed by atoms with Crippen LogP contribution in [0.15, 0.2) is 84.9 Å². The minimum Gasteiger partial charge on any atom is -0.404 e. The van der Waals surface area contributed by atoms with Crippen molar-refractivity contribution in [1.82, 2.24) is 10.6 Å². The van der Waals surface area contributed by atoms with Crippen molar-refractivity contribution < 1.29 is 18.9 Å². The SMILES string of the molecule is CC1(C)C2CC1[C@@]1(C)OB([C@H](Cc3ccccc3)NC(=O)[C@H](Cc3ccccc3)NC(=O)[C@H]3CCc4ccccc4C3)O[C@@H]1C2. The van der Waals surface area contributed by atoms with E-state index >= 15 is 0 Å². The van der Waals surface area contributed by atoms with Gasteiger partial charge in [0.15, 0.2) is 0 Å². The van der Waals surface area contributed by atoms with E-state index in [1.165, 1.54) is 17.5 Å². The second kappa shape index (κ2) is 12.1. The molecule has 3 aromatic carbocycles. The van der Waals surface area contributed by atoms with E-state index in [1.54, 1.807) is 0 Å². The smallest absolute Gasteiger partial charge is 0.404 e. The Morgan fingerprint density at radius 3 is 2.18 bits per heavy atom. The predicted octanol–water partition coefficient (Wildman–Crippen LogP) is 5.51. The van der Waals surface area contributed by atoms with Gasteiger partial charge in [-0.2, -0.15) is 0 Å². The zero-order valence-electron chi connectivity index (χ0n) is 26.7. The molecule has 4 fully saturated rings. The number of carbonyl (C=O) groups is 2. The van der Waals surface area contributed by atoms with Crippen LogP contribution in [0.2, 0.25) is 0 Å². The highest BCUT2D eigenvalue weighted by Crippen LogP contribution is 2.65. The molecule has 45 heavy (non-hydrogen) atoms. The van der Waals surface area contributed by atoms with Crippen molar-refractivity contribution in [2.45, 2.75) is 89.4 Å². The van der Waals surface area contributed by atoms with E-state index in [1.807, 2.05) is 54.6 Å². The lowest BCUT2D eigenvalue weighted by atomic mass is 9.43. The van der Waals surface area contributed by atoms with Crippen LogP contribution in [0.25, 0.3) is 0 Å². The molecule has 0 radical (unpaired) electrons. The minimum absolute atomic E-state index is 0.0171. The molecule has 4 aliphatic carbocycles. The van der Waals surface area contributed by atoms with Crippen molar-refractivity contribution in [3.8, 4) is 0 Å². The van der Waals surface area contributed by atoms with Crippen LogP contribution in [0.1, 0.15) is 62.3 Å². The van der Waals surface area contributed by atoms with Crippen molar-refractivity contribution >= 4 is 18.9 Å². The molecule has 2 bridgehead atoms. The van der Waals surface area contributed by atoms with Crippen LogP contribution in [-0.2, 0) is 44.6 Å². The number of aryl methyl sites for hydroxylation is 1. The van der Waals surface area contributed by atoms with Crippen LogP contribution in [0.4, 0.5) is 0 Å². The summed E-state index contributed by atoms with van der Waals surface area (Å²) in [5.74, 6) is 0.236. The standard InChI is InChI=1S/C38H45BN2O4/c1-37(2)30-23-32(37)38(3)33(24-30)44-39(45-38)34(21-26-14-8-5-9-15-26)41-36(43)31(20-25-12-6-4-7-13-25)40-35(42)29-19-18-27-16-10-11-17-28(27)22-29/h4-17,29-34H,18-24H2,1-3H3,(H,40,42)(H,41,43)/t29-,30?,31-,32?,33+,34-,38+/m0/s1. The van der Waals surface area contributed by atoms with Gasteiger partial charge in [0, 0.05) is 12.3 Å². The fourth-order valence-corrected chi connectivity index (χ4v) is 8.71. The van der Waals surface area contributed by atoms with Crippen LogP contribution in [0, 0.1) is 23.2 Å². The molecule has 234 valence electrons. The van der Waals surface area contributed by atoms with E-state index in [4.69, 9.17) is 9.31 Å². The van der Waals surface area contributed by atoms with Gasteiger partial charge in [0.25, 0.3) is 0 Å². The highest BCUT2D eigenvalue weighted by molar-refractivity contribution is 6.48. The molecule has 2 amide bonds. The number of hydrogen-bond donors (Lipinski definition) is 2. The molecule has 7 atom stereocenters. The molecule has 6 nitrogen and oxygen atoms in total. The Bertz CT molecular complexity index is 1530. The van der Waals surface area contributed by atoms with Gasteiger partial charge in [-0.15, -0.1) is 0 Å². The normalized spacial score (nSPS) is 29.0. The summed E-state index contributed by atoms with van der Waals surface area (Å²) < 4.78 is 13.5. The first-order valence-electron chi connectivity index (χ1n) is 16.8. The summed E-state index contributed by atoms with van der Waals surface area (Å²) >= 11 is 0. The fraction of sp³-hybridized carbons (Fsp3) is 0.474. The third-order valence-electron chi connectivity index (χ3n) is 11.6. The Kier molecular flexibility index (Phi) is 8.11. The zero-order chi connectivity index (χ0) is 31.2. The molecule has 2 unspecified atom stereocenters. The second-order valence-electron chi connectivity index (χ2n) is 14.6. The summed E-state index contributed by atoms with van der Waals surface area (Å²) in [6.45, 7) is 6.92. The van der Waals surface area contributed by atoms with Gasteiger partial charge in [-0.25, -0.2) is 0 Å². The van der Waals surface area contributed by atoms with Gasteiger partial charge in [0.2, 0.25) is 11.8 Å². The molecule has 1 saturated heterocycles. The summed E-state index contributed by atoms with van der Waals surface area (Å²) in [5.41, 5.74) is 4.49. The average molecular weight is 605 g/mol. The van der Waals surface area contributed by atoms with Gasteiger partial charge in [0.1, 0.15) is 6.04 Å². The number of fused-ring (bicyclic) bond motifs is 1. The molecule has 3 aromatic rings. The number of hydrogen-bond acceptors (Lipinski definition) is 4. The molecular weight excluding hydrogens is 559 g/mol. The minimum atomic E-state index is -0.721. The van der Waals surface area contributed by atoms with Crippen LogP contribution in [0.5, 0.6) is 0 Å². The van der Waals surface area contributed by atoms with E-state index in [-0.39, 0.29) is 34.9 Å². The molecule has 8 rings (SSSR count). The maximum absolute atomic E-state index is 14.3. The number of nitrogens with one attached hydrogen (secondary N) is 2. The maximum atomic E-state index is 14.3. The van der Waals surface area contributed by atoms with Crippen LogP contribution in [0.3, 0.4) is 0 Å². The molecule has 0 spiro atoms. The Balaban J connectivity index is 1.11. The first kappa shape index (κ1) is 30.3. The lowest BCUT2D eigenvalue weighted by molar-refractivity contribution is -0.199. The van der Waals surface area contributed by atoms with Gasteiger partial charge < -0.3 is 19.9 Å². The van der Waals surface area contributed by atoms with E-state index in [0.717, 1.165) is 30.4 Å². The fourth-order valence-electron chi connectivity index (χ4n) is 8.71. The first-order chi connectivity index (χ1) is 21.7. The van der Waals surface area contributed by atoms with E-state index < -0.39 is 19.1 Å². The lowest BCUT2D eigenvalue weighted by Crippen LogP contribution is -2.65. The predicted molar refractivity (Wildman–Crippen MR) is 176 cm³/mol. The van der Waals surface area contributed by atoms with Crippen molar-refractivity contribution in [1.29, 1.82) is 0 Å². The highest BCUT2D eigenvalue weighted by atomic mass is 16.7. The van der Waals surface area contributed by atoms with Crippen molar-refractivity contribution in [2.75, 3.05) is 0 Å². The Morgan fingerprint density at radius 2 is 1.49 bits per heavy atom. The average Bonchev–Trinajstić information content (AvgIpc) is 3.42. The Labute approximate surface area is 267 Å². The van der Waals surface area contributed by atoms with Crippen molar-refractivity contribution in [2.24, 2.45) is 23.2 Å². The number of benzene rings is 3. The molecule has 2 N–H and O–H groups in total. The summed E-state index contributed by atoms with van der Waals surface area (Å²) in [4.78, 5) is 28.0. The second-order valence-corrected chi connectivity index (χ2v) is 14.6. The van der Waals surface area contributed by atoms with Crippen LogP contribution >= 0.6 is 0 Å². The first-order valence-corrected chi connectivity index (χ1v) is 16.8. The monoisotopic (exact) mass is 604 g/mol. The molecule has 7 heteroatoms. The molecular formula is C38H45BN2O4. The van der Waals surface area contributed by atoms with Gasteiger partial charge in [0.05, 0.1) is 17.6 Å². The van der Waals surface area contributed by atoms with Crippen molar-refractivity contribution in [3.63, 3.8) is 0 Å². The van der Waals surface area contributed by atoms with Crippen LogP contribution < -0.4 is 10.6 Å². The summed E-state index contributed by atoms with van der Waals surface area (Å²) in [7, 11) is -0.567. The van der Waals surface area contributed by atoms with E-state index in [0.29, 0.717) is 31.1 Å². The van der Waals surface area contributed by atoms with Gasteiger partial charge in [-0.3, -0.25) is 9.59 Å². The van der Waals surface area contributed by atoms with E-state index in [2.05, 4.69) is 61.7 Å². The third-order valence-corrected chi connectivity index (χ3v) is 11.6. The summed E-state index contributed by atoms with van der Waals surface area (Å²) in [6, 6.07) is 27.7. The molecule has 1 heterocycles. The zero-order valence-corrected chi connectivity index (χ0v) is 26.7. The third kappa shape index (κ3) is 5.86. The highest BCUT2D eigenvalue weighted by Gasteiger charge is 2.68. The van der Waals surface area contributed by atoms with Crippen LogP contribution in [-0.4, -0.2) is 42.6 Å². The quantitative estimate of drug-likeness (QED) is 0.316. The van der Waals surface area contributed by atoms with Crippen molar-refractivity contribution in [3.05, 3.63) is 107 Å². The molecule has 0 aromatic heterocycles. The maximum Gasteiger partial charge on any atom is 0.482 e. The van der Waals surface area contributed by atoms with E-state index in [9.17, 15) is 9.59 Å². The number of amides is 2. The largest absolute Gasteiger partial charge is 0.482 e. The van der Waals surface area contributed by atoms with Gasteiger partial charge in [-0.05, 0) is 85.0 Å². The number of carbonyl (C=O) groups excluding carboxylic acids is 2. The molecule has 1 aliphatic heterocycles. The topological polar surface area (TPSA) is 76.7 Å². The Morgan fingerprint density at radius 1 is 0.844 bits per heavy atom. The number of rotatable bonds is 9. The lowest BCUT2D eigenvalue weighted by Gasteiger charge is -2.64. The molecule has 3 saturated carbocycles. The summed E-state index contributed by atoms with van der Waals surface area (Å²) in [6.07, 6.45) is 5.50. The molecule has 5 aliphatic rings. The van der Waals surface area contributed by atoms with Gasteiger partial charge >= 0.3 is 7.12 Å². The van der Waals surface area contributed by atoms with Gasteiger partial charge in [-0.1, -0.05) is 98.8 Å².